The zero-order valence-electron chi connectivity index (χ0n) is 12.5. The first-order valence-electron chi connectivity index (χ1n) is 6.58. The number of nitrogens with one attached hydrogen (secondary N) is 2. The van der Waals surface area contributed by atoms with E-state index in [0.29, 0.717) is 11.3 Å². The van der Waals surface area contributed by atoms with Gasteiger partial charge in [0.05, 0.1) is 14.2 Å². The Morgan fingerprint density at radius 1 is 1.32 bits per heavy atom. The Hall–Kier alpha value is -2.54. The lowest BCUT2D eigenvalue weighted by Gasteiger charge is -2.22. The molecule has 2 amide bonds. The number of amides is 2. The molecule has 0 radical (unpaired) electrons. The van der Waals surface area contributed by atoms with E-state index in [2.05, 4.69) is 21.9 Å². The number of aliphatic hydroxyl groups excluding tert-OH is 1. The minimum absolute atomic E-state index is 0.234. The standard InChI is InChI=1S/C15H20N2O5/c1-4-9-16-15(20)17-12(14(19)22-3)13(18)10-5-7-11(21-2)8-6-10/h4-8,12-13,18H,1,9H2,2-3H3,(H2,16,17,20). The summed E-state index contributed by atoms with van der Waals surface area (Å²) in [6.45, 7) is 3.70. The lowest BCUT2D eigenvalue weighted by atomic mass is 10.0. The molecule has 0 aromatic heterocycles. The van der Waals surface area contributed by atoms with Gasteiger partial charge < -0.3 is 25.2 Å². The first-order valence-corrected chi connectivity index (χ1v) is 6.58. The van der Waals surface area contributed by atoms with E-state index in [4.69, 9.17) is 4.74 Å². The Kier molecular flexibility index (Phi) is 6.91. The fourth-order valence-electron chi connectivity index (χ4n) is 1.74. The summed E-state index contributed by atoms with van der Waals surface area (Å²) in [4.78, 5) is 23.4. The Balaban J connectivity index is 2.87. The molecule has 0 aliphatic heterocycles. The third-order valence-corrected chi connectivity index (χ3v) is 2.92. The van der Waals surface area contributed by atoms with Gasteiger partial charge in [0, 0.05) is 6.54 Å². The van der Waals surface area contributed by atoms with E-state index in [9.17, 15) is 14.7 Å². The normalized spacial score (nSPS) is 12.7. The molecule has 0 saturated heterocycles. The van der Waals surface area contributed by atoms with Gasteiger partial charge in [0.15, 0.2) is 6.04 Å². The van der Waals surface area contributed by atoms with Gasteiger partial charge in [-0.05, 0) is 17.7 Å². The zero-order chi connectivity index (χ0) is 16.5. The molecular formula is C15H20N2O5. The molecule has 0 fully saturated rings. The van der Waals surface area contributed by atoms with Crippen LogP contribution >= 0.6 is 0 Å². The number of aliphatic hydroxyl groups is 1. The number of hydrogen-bond donors (Lipinski definition) is 3. The fourth-order valence-corrected chi connectivity index (χ4v) is 1.74. The van der Waals surface area contributed by atoms with Crippen molar-refractivity contribution in [2.24, 2.45) is 0 Å². The summed E-state index contributed by atoms with van der Waals surface area (Å²) in [6, 6.07) is 4.65. The van der Waals surface area contributed by atoms with Crippen molar-refractivity contribution in [3.05, 3.63) is 42.5 Å². The molecule has 0 aliphatic carbocycles. The van der Waals surface area contributed by atoms with Crippen LogP contribution < -0.4 is 15.4 Å². The summed E-state index contributed by atoms with van der Waals surface area (Å²) in [7, 11) is 2.70. The summed E-state index contributed by atoms with van der Waals surface area (Å²) < 4.78 is 9.64. The fraction of sp³-hybridized carbons (Fsp3) is 0.333. The minimum atomic E-state index is -1.26. The molecule has 1 aromatic carbocycles. The van der Waals surface area contributed by atoms with Crippen LogP contribution in [-0.2, 0) is 9.53 Å². The van der Waals surface area contributed by atoms with Gasteiger partial charge in [0.2, 0.25) is 0 Å². The van der Waals surface area contributed by atoms with Gasteiger partial charge in [0.1, 0.15) is 11.9 Å². The number of ether oxygens (including phenoxy) is 2. The number of benzene rings is 1. The SMILES string of the molecule is C=CCNC(=O)NC(C(=O)OC)C(O)c1ccc(OC)cc1. The first kappa shape index (κ1) is 17.5. The molecule has 0 saturated carbocycles. The monoisotopic (exact) mass is 308 g/mol. The number of hydrogen-bond acceptors (Lipinski definition) is 5. The van der Waals surface area contributed by atoms with Crippen molar-refractivity contribution >= 4 is 12.0 Å². The predicted octanol–water partition coefficient (Wildman–Crippen LogP) is 0.755. The second kappa shape index (κ2) is 8.68. The third kappa shape index (κ3) is 4.78. The highest BCUT2D eigenvalue weighted by Gasteiger charge is 2.30. The zero-order valence-corrected chi connectivity index (χ0v) is 12.5. The number of carbonyl (C=O) groups is 2. The molecule has 0 aliphatic rings. The summed E-state index contributed by atoms with van der Waals surface area (Å²) >= 11 is 0. The Morgan fingerprint density at radius 2 is 1.95 bits per heavy atom. The van der Waals surface area contributed by atoms with Crippen LogP contribution in [0.3, 0.4) is 0 Å². The van der Waals surface area contributed by atoms with Crippen molar-refractivity contribution in [2.75, 3.05) is 20.8 Å². The maximum absolute atomic E-state index is 11.8. The topological polar surface area (TPSA) is 96.9 Å². The van der Waals surface area contributed by atoms with E-state index >= 15 is 0 Å². The Morgan fingerprint density at radius 3 is 2.45 bits per heavy atom. The van der Waals surface area contributed by atoms with E-state index in [-0.39, 0.29) is 6.54 Å². The van der Waals surface area contributed by atoms with Crippen molar-refractivity contribution in [3.63, 3.8) is 0 Å². The van der Waals surface area contributed by atoms with Crippen molar-refractivity contribution in [2.45, 2.75) is 12.1 Å². The molecule has 1 rings (SSSR count). The summed E-state index contributed by atoms with van der Waals surface area (Å²) in [5.41, 5.74) is 0.445. The highest BCUT2D eigenvalue weighted by Crippen LogP contribution is 2.21. The number of carbonyl (C=O) groups excluding carboxylic acids is 2. The number of esters is 1. The van der Waals surface area contributed by atoms with Crippen molar-refractivity contribution < 1.29 is 24.2 Å². The van der Waals surface area contributed by atoms with Crippen LogP contribution in [0.5, 0.6) is 5.75 Å². The first-order chi connectivity index (χ1) is 10.5. The van der Waals surface area contributed by atoms with E-state index in [0.717, 1.165) is 0 Å². The highest BCUT2D eigenvalue weighted by molar-refractivity contribution is 5.84. The van der Waals surface area contributed by atoms with E-state index in [1.54, 1.807) is 24.3 Å². The number of rotatable bonds is 7. The summed E-state index contributed by atoms with van der Waals surface area (Å²) in [5.74, 6) is -0.140. The molecule has 120 valence electrons. The average molecular weight is 308 g/mol. The molecule has 2 atom stereocenters. The second-order valence-electron chi connectivity index (χ2n) is 4.36. The molecular weight excluding hydrogens is 288 g/mol. The van der Waals surface area contributed by atoms with Gasteiger partial charge in [-0.2, -0.15) is 0 Å². The molecule has 7 nitrogen and oxygen atoms in total. The minimum Gasteiger partial charge on any atom is -0.497 e. The largest absolute Gasteiger partial charge is 0.497 e. The van der Waals surface area contributed by atoms with Crippen LogP contribution in [0.15, 0.2) is 36.9 Å². The maximum Gasteiger partial charge on any atom is 0.331 e. The van der Waals surface area contributed by atoms with Crippen LogP contribution in [-0.4, -0.2) is 43.9 Å². The van der Waals surface area contributed by atoms with Gasteiger partial charge in [0.25, 0.3) is 0 Å². The van der Waals surface area contributed by atoms with E-state index < -0.39 is 24.1 Å². The van der Waals surface area contributed by atoms with Crippen LogP contribution in [0.25, 0.3) is 0 Å². The van der Waals surface area contributed by atoms with Crippen LogP contribution in [0.4, 0.5) is 4.79 Å². The summed E-state index contributed by atoms with van der Waals surface area (Å²) in [5, 5.41) is 15.2. The maximum atomic E-state index is 11.8. The van der Waals surface area contributed by atoms with Crippen molar-refractivity contribution in [1.29, 1.82) is 0 Å². The van der Waals surface area contributed by atoms with Gasteiger partial charge >= 0.3 is 12.0 Å². The van der Waals surface area contributed by atoms with Crippen LogP contribution in [0, 0.1) is 0 Å². The Bertz CT molecular complexity index is 515. The van der Waals surface area contributed by atoms with Crippen molar-refractivity contribution in [3.8, 4) is 5.75 Å². The lowest BCUT2D eigenvalue weighted by Crippen LogP contribution is -2.49. The predicted molar refractivity (Wildman–Crippen MR) is 80.5 cm³/mol. The van der Waals surface area contributed by atoms with Gasteiger partial charge in [-0.1, -0.05) is 18.2 Å². The molecule has 7 heteroatoms. The molecule has 0 heterocycles. The van der Waals surface area contributed by atoms with Crippen LogP contribution in [0.2, 0.25) is 0 Å². The summed E-state index contributed by atoms with van der Waals surface area (Å²) in [6.07, 6.45) is 0.236. The number of urea groups is 1. The highest BCUT2D eigenvalue weighted by atomic mass is 16.5. The van der Waals surface area contributed by atoms with Gasteiger partial charge in [-0.3, -0.25) is 0 Å². The molecule has 1 aromatic rings. The molecule has 3 N–H and O–H groups in total. The molecule has 2 unspecified atom stereocenters. The molecule has 22 heavy (non-hydrogen) atoms. The third-order valence-electron chi connectivity index (χ3n) is 2.92. The van der Waals surface area contributed by atoms with E-state index in [1.807, 2.05) is 0 Å². The van der Waals surface area contributed by atoms with Crippen LogP contribution in [0.1, 0.15) is 11.7 Å². The molecule has 0 bridgehead atoms. The number of methoxy groups -OCH3 is 2. The lowest BCUT2D eigenvalue weighted by molar-refractivity contribution is -0.145. The average Bonchev–Trinajstić information content (AvgIpc) is 2.56. The van der Waals surface area contributed by atoms with E-state index in [1.165, 1.54) is 20.3 Å². The second-order valence-corrected chi connectivity index (χ2v) is 4.36. The van der Waals surface area contributed by atoms with Gasteiger partial charge in [-0.15, -0.1) is 6.58 Å². The molecule has 0 spiro atoms. The van der Waals surface area contributed by atoms with Gasteiger partial charge in [-0.25, -0.2) is 9.59 Å². The smallest absolute Gasteiger partial charge is 0.331 e. The quantitative estimate of drug-likeness (QED) is 0.510. The van der Waals surface area contributed by atoms with Crippen molar-refractivity contribution in [1.82, 2.24) is 10.6 Å². The Labute approximate surface area is 128 Å².